The van der Waals surface area contributed by atoms with E-state index in [1.165, 1.54) is 128 Å². The number of alkyl carbamates (subject to hydrolysis) is 1. The summed E-state index contributed by atoms with van der Waals surface area (Å²) in [6.45, 7) is 5.84. The molecule has 0 fully saturated rings. The van der Waals surface area contributed by atoms with Gasteiger partial charge in [-0.3, -0.25) is 0 Å². The Hall–Kier alpha value is -0.990. The molecule has 0 aliphatic rings. The zero-order chi connectivity index (χ0) is 23.4. The molecule has 0 aliphatic heterocycles. The van der Waals surface area contributed by atoms with Crippen LogP contribution in [0.4, 0.5) is 4.79 Å². The summed E-state index contributed by atoms with van der Waals surface area (Å²) in [5, 5.41) is 2.88. The molecule has 1 amide bonds. The maximum Gasteiger partial charge on any atom is 0.407 e. The number of carbonyl (C=O) groups excluding carboxylic acids is 1. The first-order valence-electron chi connectivity index (χ1n) is 14.4. The molecular formula is C29H57NO2. The van der Waals surface area contributed by atoms with Crippen molar-refractivity contribution < 1.29 is 9.53 Å². The quantitative estimate of drug-likeness (QED) is 0.111. The summed E-state index contributed by atoms with van der Waals surface area (Å²) < 4.78 is 5.27. The number of carbonyl (C=O) groups is 1. The Kier molecular flexibility index (Phi) is 27.2. The lowest BCUT2D eigenvalue weighted by molar-refractivity contribution is 0.143. The number of allylic oxidation sites excluding steroid dienone is 2. The fourth-order valence-corrected chi connectivity index (χ4v) is 4.01. The Labute approximate surface area is 201 Å². The monoisotopic (exact) mass is 451 g/mol. The van der Waals surface area contributed by atoms with Crippen LogP contribution in [-0.4, -0.2) is 19.2 Å². The zero-order valence-electron chi connectivity index (χ0n) is 21.9. The van der Waals surface area contributed by atoms with Crippen LogP contribution in [0.25, 0.3) is 0 Å². The molecule has 0 unspecified atom stereocenters. The smallest absolute Gasteiger partial charge is 0.407 e. The molecule has 0 saturated heterocycles. The number of hydrogen-bond donors (Lipinski definition) is 1. The van der Waals surface area contributed by atoms with Gasteiger partial charge in [0, 0.05) is 6.54 Å². The highest BCUT2D eigenvalue weighted by Gasteiger charge is 2.00. The zero-order valence-corrected chi connectivity index (χ0v) is 21.9. The van der Waals surface area contributed by atoms with Gasteiger partial charge in [-0.05, 0) is 38.5 Å². The third-order valence-corrected chi connectivity index (χ3v) is 6.19. The van der Waals surface area contributed by atoms with Crippen LogP contribution in [0.1, 0.15) is 155 Å². The minimum Gasteiger partial charge on any atom is -0.450 e. The van der Waals surface area contributed by atoms with Crippen molar-refractivity contribution in [3.05, 3.63) is 12.2 Å². The van der Waals surface area contributed by atoms with Gasteiger partial charge in [-0.15, -0.1) is 0 Å². The van der Waals surface area contributed by atoms with E-state index in [-0.39, 0.29) is 6.09 Å². The first-order valence-corrected chi connectivity index (χ1v) is 14.4. The van der Waals surface area contributed by atoms with Gasteiger partial charge >= 0.3 is 6.09 Å². The van der Waals surface area contributed by atoms with Crippen LogP contribution in [0.2, 0.25) is 0 Å². The van der Waals surface area contributed by atoms with Gasteiger partial charge in [0.05, 0.1) is 6.61 Å². The number of unbranched alkanes of at least 4 members (excludes halogenated alkanes) is 19. The van der Waals surface area contributed by atoms with E-state index in [2.05, 4.69) is 31.3 Å². The molecule has 0 aromatic rings. The van der Waals surface area contributed by atoms with Gasteiger partial charge in [-0.25, -0.2) is 4.79 Å². The minimum atomic E-state index is -0.235. The lowest BCUT2D eigenvalue weighted by Crippen LogP contribution is -2.25. The van der Waals surface area contributed by atoms with Gasteiger partial charge in [0.25, 0.3) is 0 Å². The van der Waals surface area contributed by atoms with Crippen molar-refractivity contribution in [3.63, 3.8) is 0 Å². The molecule has 0 radical (unpaired) electrons. The molecule has 0 heterocycles. The Morgan fingerprint density at radius 1 is 0.562 bits per heavy atom. The molecule has 0 saturated carbocycles. The van der Waals surface area contributed by atoms with Crippen molar-refractivity contribution in [1.29, 1.82) is 0 Å². The molecule has 3 heteroatoms. The average Bonchev–Trinajstić information content (AvgIpc) is 2.80. The molecule has 32 heavy (non-hydrogen) atoms. The van der Waals surface area contributed by atoms with Crippen LogP contribution in [0.5, 0.6) is 0 Å². The predicted molar refractivity (Wildman–Crippen MR) is 141 cm³/mol. The number of ether oxygens (including phenoxy) is 1. The first-order chi connectivity index (χ1) is 15.8. The van der Waals surface area contributed by atoms with Gasteiger partial charge < -0.3 is 10.1 Å². The second kappa shape index (κ2) is 28.0. The van der Waals surface area contributed by atoms with Crippen LogP contribution in [0, 0.1) is 0 Å². The maximum atomic E-state index is 11.7. The largest absolute Gasteiger partial charge is 0.450 e. The fourth-order valence-electron chi connectivity index (χ4n) is 4.01. The van der Waals surface area contributed by atoms with E-state index in [4.69, 9.17) is 4.74 Å². The molecule has 0 aromatic heterocycles. The minimum absolute atomic E-state index is 0.235. The molecule has 0 aromatic carbocycles. The van der Waals surface area contributed by atoms with Crippen LogP contribution >= 0.6 is 0 Å². The predicted octanol–water partition coefficient (Wildman–Crippen LogP) is 9.89. The Morgan fingerprint density at radius 3 is 1.47 bits per heavy atom. The normalized spacial score (nSPS) is 11.3. The van der Waals surface area contributed by atoms with Crippen molar-refractivity contribution in [2.24, 2.45) is 0 Å². The van der Waals surface area contributed by atoms with Crippen LogP contribution in [0.3, 0.4) is 0 Å². The summed E-state index contributed by atoms with van der Waals surface area (Å²) in [7, 11) is 0. The topological polar surface area (TPSA) is 38.3 Å². The highest BCUT2D eigenvalue weighted by Crippen LogP contribution is 2.10. The SMILES string of the molecule is CCCCCCCCC=CCCCCCCCCOC(=O)NCCCCCCCCCC. The van der Waals surface area contributed by atoms with E-state index in [9.17, 15) is 4.79 Å². The lowest BCUT2D eigenvalue weighted by Gasteiger charge is -2.07. The number of hydrogen-bond acceptors (Lipinski definition) is 2. The Balaban J connectivity index is 3.18. The van der Waals surface area contributed by atoms with Crippen molar-refractivity contribution in [1.82, 2.24) is 5.32 Å². The van der Waals surface area contributed by atoms with Crippen LogP contribution in [-0.2, 0) is 4.74 Å². The van der Waals surface area contributed by atoms with Gasteiger partial charge in [0.2, 0.25) is 0 Å². The highest BCUT2D eigenvalue weighted by molar-refractivity contribution is 5.66. The van der Waals surface area contributed by atoms with Gasteiger partial charge in [0.1, 0.15) is 0 Å². The molecule has 0 rings (SSSR count). The number of amides is 1. The van der Waals surface area contributed by atoms with Crippen LogP contribution in [0.15, 0.2) is 12.2 Å². The fraction of sp³-hybridized carbons (Fsp3) is 0.897. The van der Waals surface area contributed by atoms with Crippen molar-refractivity contribution in [2.45, 2.75) is 155 Å². The average molecular weight is 452 g/mol. The summed E-state index contributed by atoms with van der Waals surface area (Å²) in [5.41, 5.74) is 0. The molecule has 0 spiro atoms. The Morgan fingerprint density at radius 2 is 0.969 bits per heavy atom. The molecular weight excluding hydrogens is 394 g/mol. The van der Waals surface area contributed by atoms with E-state index in [1.54, 1.807) is 0 Å². The van der Waals surface area contributed by atoms with E-state index in [0.717, 1.165) is 19.4 Å². The Bertz CT molecular complexity index is 395. The molecule has 190 valence electrons. The maximum absolute atomic E-state index is 11.7. The summed E-state index contributed by atoms with van der Waals surface area (Å²) in [6.07, 6.45) is 33.0. The van der Waals surface area contributed by atoms with E-state index < -0.39 is 0 Å². The molecule has 0 aliphatic carbocycles. The van der Waals surface area contributed by atoms with Gasteiger partial charge in [0.15, 0.2) is 0 Å². The van der Waals surface area contributed by atoms with Gasteiger partial charge in [-0.2, -0.15) is 0 Å². The second-order valence-corrected chi connectivity index (χ2v) is 9.48. The highest BCUT2D eigenvalue weighted by atomic mass is 16.5. The first kappa shape index (κ1) is 31.0. The molecule has 3 nitrogen and oxygen atoms in total. The van der Waals surface area contributed by atoms with E-state index in [1.807, 2.05) is 0 Å². The lowest BCUT2D eigenvalue weighted by atomic mass is 10.1. The number of rotatable bonds is 25. The summed E-state index contributed by atoms with van der Waals surface area (Å²) in [4.78, 5) is 11.7. The van der Waals surface area contributed by atoms with Crippen LogP contribution < -0.4 is 5.32 Å². The van der Waals surface area contributed by atoms with E-state index in [0.29, 0.717) is 6.61 Å². The van der Waals surface area contributed by atoms with Crippen molar-refractivity contribution in [3.8, 4) is 0 Å². The summed E-state index contributed by atoms with van der Waals surface area (Å²) in [5.74, 6) is 0. The molecule has 0 bridgehead atoms. The standard InChI is InChI=1S/C29H57NO2/c1-3-5-7-9-11-13-14-15-16-17-18-19-20-22-24-26-28-32-29(31)30-27-25-23-21-12-10-8-6-4-2/h15-16H,3-14,17-28H2,1-2H3,(H,30,31). The van der Waals surface area contributed by atoms with Crippen molar-refractivity contribution in [2.75, 3.05) is 13.2 Å². The third-order valence-electron chi connectivity index (χ3n) is 6.19. The molecule has 1 N–H and O–H groups in total. The molecule has 0 atom stereocenters. The van der Waals surface area contributed by atoms with Crippen molar-refractivity contribution >= 4 is 6.09 Å². The number of nitrogens with one attached hydrogen (secondary N) is 1. The third kappa shape index (κ3) is 27.0. The summed E-state index contributed by atoms with van der Waals surface area (Å²) in [6, 6.07) is 0. The van der Waals surface area contributed by atoms with E-state index >= 15 is 0 Å². The van der Waals surface area contributed by atoms with Gasteiger partial charge in [-0.1, -0.05) is 129 Å². The summed E-state index contributed by atoms with van der Waals surface area (Å²) >= 11 is 0. The second-order valence-electron chi connectivity index (χ2n) is 9.48.